The Bertz CT molecular complexity index is 770. The van der Waals surface area contributed by atoms with E-state index in [-0.39, 0.29) is 0 Å². The van der Waals surface area contributed by atoms with Crippen molar-refractivity contribution in [3.63, 3.8) is 0 Å². The summed E-state index contributed by atoms with van der Waals surface area (Å²) in [6.07, 6.45) is 13.5. The molecule has 4 rings (SSSR count). The van der Waals surface area contributed by atoms with E-state index in [1.807, 2.05) is 0 Å². The van der Waals surface area contributed by atoms with Gasteiger partial charge in [-0.25, -0.2) is 0 Å². The minimum Gasteiger partial charge on any atom is -0.0654 e. The van der Waals surface area contributed by atoms with Gasteiger partial charge in [0.1, 0.15) is 0 Å². The summed E-state index contributed by atoms with van der Waals surface area (Å²) in [6.45, 7) is 4.51. The van der Waals surface area contributed by atoms with Gasteiger partial charge in [0.2, 0.25) is 0 Å². The van der Waals surface area contributed by atoms with Crippen LogP contribution in [0.15, 0.2) is 48.0 Å². The van der Waals surface area contributed by atoms with Crippen LogP contribution < -0.4 is 0 Å². The van der Waals surface area contributed by atoms with E-state index in [9.17, 15) is 0 Å². The molecule has 0 amide bonds. The quantitative estimate of drug-likeness (QED) is 0.537. The normalized spacial score (nSPS) is 18.2. The molecule has 0 spiro atoms. The first-order chi connectivity index (χ1) is 12.2. The first kappa shape index (κ1) is 16.6. The molecule has 2 aromatic carbocycles. The number of allylic oxidation sites excluding steroid dienone is 1. The largest absolute Gasteiger partial charge is 0.0654 e. The Hall–Kier alpha value is -1.82. The number of hydrogen-bond acceptors (Lipinski definition) is 0. The zero-order valence-electron chi connectivity index (χ0n) is 15.8. The molecule has 25 heavy (non-hydrogen) atoms. The van der Waals surface area contributed by atoms with Crippen LogP contribution in [-0.4, -0.2) is 0 Å². The fraction of sp³-hybridized carbons (Fsp3) is 0.440. The number of aryl methyl sites for hydroxylation is 1. The van der Waals surface area contributed by atoms with Crippen LogP contribution in [-0.2, 0) is 6.42 Å². The van der Waals surface area contributed by atoms with E-state index in [0.29, 0.717) is 5.41 Å². The van der Waals surface area contributed by atoms with Gasteiger partial charge < -0.3 is 0 Å². The van der Waals surface area contributed by atoms with Crippen LogP contribution in [0, 0.1) is 12.3 Å². The Morgan fingerprint density at radius 3 is 2.44 bits per heavy atom. The predicted octanol–water partition coefficient (Wildman–Crippen LogP) is 7.35. The summed E-state index contributed by atoms with van der Waals surface area (Å²) in [7, 11) is 0. The van der Waals surface area contributed by atoms with E-state index in [1.54, 1.807) is 5.57 Å². The van der Waals surface area contributed by atoms with Gasteiger partial charge in [-0.1, -0.05) is 85.9 Å². The standard InChI is InChI=1S/C25H30/c1-3-13-25(14-4-5-15-25)18-20-16-22-7-6-8-23(24(22)17-20)21-11-9-19(2)10-12-21/h6-12,17H,3-5,13-16,18H2,1-2H3. The van der Waals surface area contributed by atoms with Gasteiger partial charge >= 0.3 is 0 Å². The zero-order valence-corrected chi connectivity index (χ0v) is 15.8. The van der Waals surface area contributed by atoms with Crippen molar-refractivity contribution in [1.82, 2.24) is 0 Å². The van der Waals surface area contributed by atoms with Crippen LogP contribution in [0.25, 0.3) is 17.2 Å². The van der Waals surface area contributed by atoms with Crippen LogP contribution >= 0.6 is 0 Å². The lowest BCUT2D eigenvalue weighted by Gasteiger charge is -2.29. The van der Waals surface area contributed by atoms with Crippen molar-refractivity contribution in [3.05, 3.63) is 64.7 Å². The van der Waals surface area contributed by atoms with E-state index in [0.717, 1.165) is 0 Å². The highest BCUT2D eigenvalue weighted by molar-refractivity contribution is 5.80. The molecule has 1 saturated carbocycles. The molecule has 1 fully saturated rings. The SMILES string of the molecule is CCCC1(CC2=Cc3c(cccc3-c3ccc(C)cc3)C2)CCCC1. The maximum Gasteiger partial charge on any atom is -0.00574 e. The Kier molecular flexibility index (Phi) is 4.54. The van der Waals surface area contributed by atoms with E-state index in [1.165, 1.54) is 79.2 Å². The van der Waals surface area contributed by atoms with Gasteiger partial charge in [0.25, 0.3) is 0 Å². The van der Waals surface area contributed by atoms with E-state index >= 15 is 0 Å². The average molecular weight is 331 g/mol. The highest BCUT2D eigenvalue weighted by Gasteiger charge is 2.34. The third-order valence-electron chi connectivity index (χ3n) is 6.37. The van der Waals surface area contributed by atoms with Crippen molar-refractivity contribution in [2.24, 2.45) is 5.41 Å². The third-order valence-corrected chi connectivity index (χ3v) is 6.37. The summed E-state index contributed by atoms with van der Waals surface area (Å²) in [5.41, 5.74) is 9.36. The molecule has 0 saturated heterocycles. The van der Waals surface area contributed by atoms with E-state index in [4.69, 9.17) is 0 Å². The highest BCUT2D eigenvalue weighted by Crippen LogP contribution is 2.48. The summed E-state index contributed by atoms with van der Waals surface area (Å²) in [6, 6.07) is 15.9. The van der Waals surface area contributed by atoms with Crippen LogP contribution in [0.2, 0.25) is 0 Å². The second-order valence-electron chi connectivity index (χ2n) is 8.36. The summed E-state index contributed by atoms with van der Waals surface area (Å²) in [4.78, 5) is 0. The van der Waals surface area contributed by atoms with Crippen molar-refractivity contribution in [1.29, 1.82) is 0 Å². The number of hydrogen-bond donors (Lipinski definition) is 0. The predicted molar refractivity (Wildman–Crippen MR) is 109 cm³/mol. The zero-order chi connectivity index (χ0) is 17.3. The average Bonchev–Trinajstić information content (AvgIpc) is 3.22. The second kappa shape index (κ2) is 6.83. The number of benzene rings is 2. The first-order valence-corrected chi connectivity index (χ1v) is 10.1. The van der Waals surface area contributed by atoms with Crippen LogP contribution in [0.5, 0.6) is 0 Å². The first-order valence-electron chi connectivity index (χ1n) is 10.1. The lowest BCUT2D eigenvalue weighted by Crippen LogP contribution is -2.17. The third kappa shape index (κ3) is 3.32. The second-order valence-corrected chi connectivity index (χ2v) is 8.36. The summed E-state index contributed by atoms with van der Waals surface area (Å²) in [5, 5.41) is 0. The smallest absolute Gasteiger partial charge is 0.00574 e. The van der Waals surface area contributed by atoms with Crippen molar-refractivity contribution in [3.8, 4) is 11.1 Å². The molecule has 0 aliphatic heterocycles. The maximum atomic E-state index is 2.53. The fourth-order valence-electron chi connectivity index (χ4n) is 5.19. The molecule has 0 bridgehead atoms. The monoisotopic (exact) mass is 330 g/mol. The van der Waals surface area contributed by atoms with Crippen molar-refractivity contribution in [2.45, 2.75) is 65.2 Å². The van der Waals surface area contributed by atoms with Gasteiger partial charge in [-0.15, -0.1) is 0 Å². The molecule has 0 nitrogen and oxygen atoms in total. The van der Waals surface area contributed by atoms with Crippen molar-refractivity contribution >= 4 is 6.08 Å². The summed E-state index contributed by atoms with van der Waals surface area (Å²) < 4.78 is 0. The van der Waals surface area contributed by atoms with Gasteiger partial charge in [0, 0.05) is 0 Å². The van der Waals surface area contributed by atoms with Crippen LogP contribution in [0.4, 0.5) is 0 Å². The molecule has 0 atom stereocenters. The lowest BCUT2D eigenvalue weighted by atomic mass is 9.76. The van der Waals surface area contributed by atoms with Crippen LogP contribution in [0.3, 0.4) is 0 Å². The Balaban J connectivity index is 1.63. The Labute approximate surface area is 153 Å². The van der Waals surface area contributed by atoms with E-state index in [2.05, 4.69) is 62.4 Å². The molecular weight excluding hydrogens is 300 g/mol. The molecular formula is C25H30. The van der Waals surface area contributed by atoms with Crippen molar-refractivity contribution < 1.29 is 0 Å². The number of rotatable bonds is 5. The molecule has 130 valence electrons. The molecule has 2 aliphatic rings. The molecule has 0 aromatic heterocycles. The van der Waals surface area contributed by atoms with Crippen LogP contribution in [0.1, 0.15) is 68.6 Å². The van der Waals surface area contributed by atoms with Gasteiger partial charge in [-0.05, 0) is 66.7 Å². The lowest BCUT2D eigenvalue weighted by molar-refractivity contribution is 0.265. The van der Waals surface area contributed by atoms with Gasteiger partial charge in [0.15, 0.2) is 0 Å². The molecule has 0 N–H and O–H groups in total. The topological polar surface area (TPSA) is 0 Å². The molecule has 0 unspecified atom stereocenters. The fourth-order valence-corrected chi connectivity index (χ4v) is 5.19. The Morgan fingerprint density at radius 2 is 1.72 bits per heavy atom. The molecule has 2 aliphatic carbocycles. The summed E-state index contributed by atoms with van der Waals surface area (Å²) in [5.74, 6) is 0. The molecule has 0 radical (unpaired) electrons. The van der Waals surface area contributed by atoms with Gasteiger partial charge in [-0.3, -0.25) is 0 Å². The Morgan fingerprint density at radius 1 is 0.960 bits per heavy atom. The minimum absolute atomic E-state index is 0.604. The maximum absolute atomic E-state index is 2.53. The number of fused-ring (bicyclic) bond motifs is 1. The molecule has 0 heterocycles. The highest BCUT2D eigenvalue weighted by atomic mass is 14.4. The van der Waals surface area contributed by atoms with Gasteiger partial charge in [-0.2, -0.15) is 0 Å². The minimum atomic E-state index is 0.604. The van der Waals surface area contributed by atoms with Gasteiger partial charge in [0.05, 0.1) is 0 Å². The van der Waals surface area contributed by atoms with Crippen molar-refractivity contribution in [2.75, 3.05) is 0 Å². The molecule has 0 heteroatoms. The molecule has 2 aromatic rings. The van der Waals surface area contributed by atoms with E-state index < -0.39 is 0 Å². The summed E-state index contributed by atoms with van der Waals surface area (Å²) >= 11 is 0.